The van der Waals surface area contributed by atoms with Gasteiger partial charge in [0.25, 0.3) is 0 Å². The molecule has 0 spiro atoms. The van der Waals surface area contributed by atoms with Crippen molar-refractivity contribution in [3.8, 4) is 11.5 Å². The molecule has 0 aliphatic carbocycles. The number of hydrogen-bond donors (Lipinski definition) is 1. The molecule has 0 amide bonds. The molecule has 100 valence electrons. The Morgan fingerprint density at radius 3 is 2.74 bits per heavy atom. The average molecular weight is 260 g/mol. The molecule has 1 N–H and O–H groups in total. The van der Waals surface area contributed by atoms with E-state index < -0.39 is 12.0 Å². The zero-order chi connectivity index (χ0) is 13.8. The Bertz CT molecular complexity index is 551. The van der Waals surface area contributed by atoms with E-state index in [1.54, 1.807) is 25.1 Å². The molecule has 0 saturated heterocycles. The van der Waals surface area contributed by atoms with Gasteiger partial charge in [-0.05, 0) is 26.1 Å². The van der Waals surface area contributed by atoms with Crippen molar-refractivity contribution in [3.63, 3.8) is 0 Å². The van der Waals surface area contributed by atoms with Crippen molar-refractivity contribution in [3.05, 3.63) is 42.3 Å². The number of aliphatic carboxylic acids is 1. The van der Waals surface area contributed by atoms with Crippen molar-refractivity contribution in [1.82, 2.24) is 9.88 Å². The Morgan fingerprint density at radius 2 is 2.11 bits per heavy atom. The van der Waals surface area contributed by atoms with Gasteiger partial charge in [-0.3, -0.25) is 9.69 Å². The molecule has 0 bridgehead atoms. The fraction of sp³-hybridized carbons (Fsp3) is 0.286. The first-order valence-electron chi connectivity index (χ1n) is 6.01. The summed E-state index contributed by atoms with van der Waals surface area (Å²) >= 11 is 0. The zero-order valence-corrected chi connectivity index (χ0v) is 10.9. The molecule has 0 aliphatic rings. The second kappa shape index (κ2) is 5.67. The van der Waals surface area contributed by atoms with E-state index in [0.29, 0.717) is 12.4 Å². The molecule has 0 aliphatic heterocycles. The lowest BCUT2D eigenvalue weighted by Gasteiger charge is -2.19. The minimum absolute atomic E-state index is 0.434. The highest BCUT2D eigenvalue weighted by Crippen LogP contribution is 2.18. The first-order valence-corrected chi connectivity index (χ1v) is 6.01. The van der Waals surface area contributed by atoms with Gasteiger partial charge in [-0.15, -0.1) is 0 Å². The fourth-order valence-corrected chi connectivity index (χ4v) is 1.67. The van der Waals surface area contributed by atoms with Crippen LogP contribution in [0.2, 0.25) is 0 Å². The predicted molar refractivity (Wildman–Crippen MR) is 70.5 cm³/mol. The summed E-state index contributed by atoms with van der Waals surface area (Å²) in [6, 6.07) is 9.03. The monoisotopic (exact) mass is 260 g/mol. The summed E-state index contributed by atoms with van der Waals surface area (Å²) in [5, 5.41) is 8.93. The summed E-state index contributed by atoms with van der Waals surface area (Å²) in [5.41, 5.74) is 1.62. The van der Waals surface area contributed by atoms with E-state index in [1.807, 2.05) is 30.3 Å². The quantitative estimate of drug-likeness (QED) is 0.893. The Kier molecular flexibility index (Phi) is 3.97. The van der Waals surface area contributed by atoms with Crippen LogP contribution in [0.5, 0.6) is 0 Å². The second-order valence-electron chi connectivity index (χ2n) is 4.44. The van der Waals surface area contributed by atoms with Crippen molar-refractivity contribution in [2.24, 2.45) is 0 Å². The lowest BCUT2D eigenvalue weighted by atomic mass is 10.2. The number of rotatable bonds is 5. The smallest absolute Gasteiger partial charge is 0.320 e. The molecule has 5 heteroatoms. The van der Waals surface area contributed by atoms with Crippen LogP contribution in [0.4, 0.5) is 0 Å². The lowest BCUT2D eigenvalue weighted by Crippen LogP contribution is -2.35. The third-order valence-corrected chi connectivity index (χ3v) is 3.00. The maximum Gasteiger partial charge on any atom is 0.320 e. The molecular weight excluding hydrogens is 244 g/mol. The molecule has 1 heterocycles. The van der Waals surface area contributed by atoms with Crippen LogP contribution in [0.1, 0.15) is 12.6 Å². The summed E-state index contributed by atoms with van der Waals surface area (Å²) in [6.07, 6.45) is 1.56. The molecule has 2 rings (SSSR count). The number of oxazole rings is 1. The maximum atomic E-state index is 10.9. The van der Waals surface area contributed by atoms with Crippen LogP contribution in [-0.2, 0) is 11.3 Å². The molecular formula is C14H16N2O3. The van der Waals surface area contributed by atoms with Gasteiger partial charge in [0.05, 0.1) is 5.69 Å². The summed E-state index contributed by atoms with van der Waals surface area (Å²) in [5.74, 6) is -0.304. The van der Waals surface area contributed by atoms with E-state index in [4.69, 9.17) is 9.52 Å². The van der Waals surface area contributed by atoms with E-state index in [0.717, 1.165) is 11.3 Å². The minimum Gasteiger partial charge on any atom is -0.480 e. The molecule has 1 unspecified atom stereocenters. The van der Waals surface area contributed by atoms with Gasteiger partial charge in [0.2, 0.25) is 5.89 Å². The molecule has 5 nitrogen and oxygen atoms in total. The van der Waals surface area contributed by atoms with Crippen LogP contribution in [-0.4, -0.2) is 34.0 Å². The zero-order valence-electron chi connectivity index (χ0n) is 10.9. The molecule has 1 aromatic carbocycles. The Balaban J connectivity index is 2.08. The highest BCUT2D eigenvalue weighted by Gasteiger charge is 2.18. The molecule has 0 radical (unpaired) electrons. The van der Waals surface area contributed by atoms with Gasteiger partial charge in [-0.1, -0.05) is 18.2 Å². The first-order chi connectivity index (χ1) is 9.08. The number of carboxylic acid groups (broad SMARTS) is 1. The number of nitrogens with zero attached hydrogens (tertiary/aromatic N) is 2. The van der Waals surface area contributed by atoms with Crippen molar-refractivity contribution < 1.29 is 14.3 Å². The largest absolute Gasteiger partial charge is 0.480 e. The number of likely N-dealkylation sites (N-methyl/N-ethyl adjacent to an activating group) is 1. The summed E-state index contributed by atoms with van der Waals surface area (Å²) in [6.45, 7) is 2.07. The third kappa shape index (κ3) is 3.20. The van der Waals surface area contributed by atoms with Crippen molar-refractivity contribution in [2.45, 2.75) is 19.5 Å². The fourth-order valence-electron chi connectivity index (χ4n) is 1.67. The highest BCUT2D eigenvalue weighted by molar-refractivity contribution is 5.72. The first kappa shape index (κ1) is 13.3. The van der Waals surface area contributed by atoms with Gasteiger partial charge in [0.15, 0.2) is 0 Å². The summed E-state index contributed by atoms with van der Waals surface area (Å²) < 4.78 is 5.41. The highest BCUT2D eigenvalue weighted by atomic mass is 16.4. The van der Waals surface area contributed by atoms with Crippen LogP contribution in [0.3, 0.4) is 0 Å². The van der Waals surface area contributed by atoms with E-state index in [2.05, 4.69) is 4.98 Å². The Labute approximate surface area is 111 Å². The number of benzene rings is 1. The van der Waals surface area contributed by atoms with Crippen LogP contribution in [0.15, 0.2) is 41.0 Å². The number of aromatic nitrogens is 1. The van der Waals surface area contributed by atoms with E-state index in [-0.39, 0.29) is 0 Å². The molecule has 1 aromatic heterocycles. The van der Waals surface area contributed by atoms with Gasteiger partial charge in [-0.25, -0.2) is 4.98 Å². The third-order valence-electron chi connectivity index (χ3n) is 3.00. The molecule has 0 saturated carbocycles. The SMILES string of the molecule is CC(C(=O)O)N(C)Cc1coc(-c2ccccc2)n1. The van der Waals surface area contributed by atoms with Gasteiger partial charge in [0, 0.05) is 12.1 Å². The molecule has 0 fully saturated rings. The van der Waals surface area contributed by atoms with E-state index in [1.165, 1.54) is 0 Å². The standard InChI is InChI=1S/C14H16N2O3/c1-10(14(17)18)16(2)8-12-9-19-13(15-12)11-6-4-3-5-7-11/h3-7,9-10H,8H2,1-2H3,(H,17,18). The normalized spacial score (nSPS) is 12.6. The van der Waals surface area contributed by atoms with Gasteiger partial charge < -0.3 is 9.52 Å². The number of hydrogen-bond acceptors (Lipinski definition) is 4. The second-order valence-corrected chi connectivity index (χ2v) is 4.44. The van der Waals surface area contributed by atoms with Crippen molar-refractivity contribution >= 4 is 5.97 Å². The summed E-state index contributed by atoms with van der Waals surface area (Å²) in [4.78, 5) is 16.9. The summed E-state index contributed by atoms with van der Waals surface area (Å²) in [7, 11) is 1.75. The number of carbonyl (C=O) groups is 1. The van der Waals surface area contributed by atoms with Crippen LogP contribution < -0.4 is 0 Å². The van der Waals surface area contributed by atoms with Crippen LogP contribution >= 0.6 is 0 Å². The van der Waals surface area contributed by atoms with Crippen molar-refractivity contribution in [1.29, 1.82) is 0 Å². The van der Waals surface area contributed by atoms with E-state index in [9.17, 15) is 4.79 Å². The Hall–Kier alpha value is -2.14. The molecule has 1 atom stereocenters. The predicted octanol–water partition coefficient (Wildman–Crippen LogP) is 2.25. The van der Waals surface area contributed by atoms with Crippen LogP contribution in [0.25, 0.3) is 11.5 Å². The van der Waals surface area contributed by atoms with Gasteiger partial charge in [-0.2, -0.15) is 0 Å². The minimum atomic E-state index is -0.853. The Morgan fingerprint density at radius 1 is 1.42 bits per heavy atom. The molecule has 2 aromatic rings. The van der Waals surface area contributed by atoms with Crippen LogP contribution in [0, 0.1) is 0 Å². The lowest BCUT2D eigenvalue weighted by molar-refractivity contribution is -0.142. The topological polar surface area (TPSA) is 66.6 Å². The number of carboxylic acids is 1. The van der Waals surface area contributed by atoms with E-state index >= 15 is 0 Å². The van der Waals surface area contributed by atoms with Gasteiger partial charge in [0.1, 0.15) is 12.3 Å². The van der Waals surface area contributed by atoms with Crippen molar-refractivity contribution in [2.75, 3.05) is 7.05 Å². The average Bonchev–Trinajstić information content (AvgIpc) is 2.87. The molecule has 19 heavy (non-hydrogen) atoms. The van der Waals surface area contributed by atoms with Gasteiger partial charge >= 0.3 is 5.97 Å². The maximum absolute atomic E-state index is 10.9.